The second-order valence-corrected chi connectivity index (χ2v) is 8.52. The largest absolute Gasteiger partial charge is 0.496 e. The van der Waals surface area contributed by atoms with Gasteiger partial charge in [-0.2, -0.15) is 0 Å². The average molecular weight is 383 g/mol. The normalized spacial score (nSPS) is 20.8. The van der Waals surface area contributed by atoms with Gasteiger partial charge in [-0.1, -0.05) is 0 Å². The van der Waals surface area contributed by atoms with Gasteiger partial charge in [0.25, 0.3) is 0 Å². The molecule has 3 heterocycles. The summed E-state index contributed by atoms with van der Waals surface area (Å²) in [5.41, 5.74) is 1.92. The summed E-state index contributed by atoms with van der Waals surface area (Å²) in [6.07, 6.45) is 2.33. The standard InChI is InChI=1S/C22H26FN3O2/c1-21(2,3)26-10-8-22(27,13-26)19-12-17-15(7-9-24-20(17)25-19)16-11-14(23)5-6-18(16)28-4/h5-7,9,11-12,27H,8,10,13H2,1-4H3,(H,24,25). The second kappa shape index (κ2) is 6.57. The number of nitrogens with one attached hydrogen (secondary N) is 1. The summed E-state index contributed by atoms with van der Waals surface area (Å²) in [5.74, 6) is 0.266. The summed E-state index contributed by atoms with van der Waals surface area (Å²) < 4.78 is 19.3. The van der Waals surface area contributed by atoms with Crippen LogP contribution in [0.1, 0.15) is 32.9 Å². The van der Waals surface area contributed by atoms with Crippen LogP contribution in [0.3, 0.4) is 0 Å². The van der Waals surface area contributed by atoms with Crippen LogP contribution < -0.4 is 4.74 Å². The summed E-state index contributed by atoms with van der Waals surface area (Å²) >= 11 is 0. The maximum absolute atomic E-state index is 13.9. The highest BCUT2D eigenvalue weighted by molar-refractivity contribution is 5.95. The first-order valence-electron chi connectivity index (χ1n) is 9.51. The predicted molar refractivity (Wildman–Crippen MR) is 108 cm³/mol. The minimum atomic E-state index is -0.961. The molecule has 0 radical (unpaired) electrons. The minimum Gasteiger partial charge on any atom is -0.496 e. The van der Waals surface area contributed by atoms with Gasteiger partial charge in [0.15, 0.2) is 0 Å². The van der Waals surface area contributed by atoms with E-state index in [0.717, 1.165) is 23.2 Å². The van der Waals surface area contributed by atoms with Crippen molar-refractivity contribution in [3.05, 3.63) is 48.0 Å². The Morgan fingerprint density at radius 2 is 2.00 bits per heavy atom. The Hall–Kier alpha value is -2.44. The smallest absolute Gasteiger partial charge is 0.138 e. The Labute approximate surface area is 164 Å². The monoisotopic (exact) mass is 383 g/mol. The number of fused-ring (bicyclic) bond motifs is 1. The molecule has 1 aliphatic heterocycles. The van der Waals surface area contributed by atoms with Crippen LogP contribution in [0.15, 0.2) is 36.5 Å². The molecule has 1 aliphatic rings. The maximum Gasteiger partial charge on any atom is 0.138 e. The highest BCUT2D eigenvalue weighted by Crippen LogP contribution is 2.39. The average Bonchev–Trinajstić information content (AvgIpc) is 3.26. The van der Waals surface area contributed by atoms with Crippen LogP contribution in [0.25, 0.3) is 22.2 Å². The number of benzene rings is 1. The van der Waals surface area contributed by atoms with E-state index < -0.39 is 5.60 Å². The number of likely N-dealkylation sites (tertiary alicyclic amines) is 1. The van der Waals surface area contributed by atoms with Crippen molar-refractivity contribution in [2.75, 3.05) is 20.2 Å². The van der Waals surface area contributed by atoms with E-state index in [-0.39, 0.29) is 11.4 Å². The first kappa shape index (κ1) is 18.9. The predicted octanol–water partition coefficient (Wildman–Crippen LogP) is 4.07. The molecule has 1 unspecified atom stereocenters. The summed E-state index contributed by atoms with van der Waals surface area (Å²) in [6, 6.07) is 8.25. The van der Waals surface area contributed by atoms with Crippen LogP contribution in [-0.2, 0) is 5.60 Å². The van der Waals surface area contributed by atoms with Crippen molar-refractivity contribution < 1.29 is 14.2 Å². The molecule has 1 fully saturated rings. The van der Waals surface area contributed by atoms with Crippen LogP contribution in [0.2, 0.25) is 0 Å². The van der Waals surface area contributed by atoms with Gasteiger partial charge in [0.05, 0.1) is 12.8 Å². The van der Waals surface area contributed by atoms with Gasteiger partial charge in [0.2, 0.25) is 0 Å². The topological polar surface area (TPSA) is 61.4 Å². The molecule has 3 aromatic rings. The van der Waals surface area contributed by atoms with Gasteiger partial charge in [-0.15, -0.1) is 0 Å². The van der Waals surface area contributed by atoms with Gasteiger partial charge >= 0.3 is 0 Å². The van der Waals surface area contributed by atoms with Crippen molar-refractivity contribution in [1.82, 2.24) is 14.9 Å². The molecule has 1 atom stereocenters. The molecule has 0 amide bonds. The lowest BCUT2D eigenvalue weighted by atomic mass is 9.97. The Morgan fingerprint density at radius 1 is 1.21 bits per heavy atom. The molecule has 0 bridgehead atoms. The third kappa shape index (κ3) is 3.16. The highest BCUT2D eigenvalue weighted by Gasteiger charge is 2.42. The van der Waals surface area contributed by atoms with Crippen LogP contribution in [0.4, 0.5) is 4.39 Å². The van der Waals surface area contributed by atoms with E-state index in [1.54, 1.807) is 19.4 Å². The fourth-order valence-electron chi connectivity index (χ4n) is 3.99. The van der Waals surface area contributed by atoms with Crippen molar-refractivity contribution in [3.8, 4) is 16.9 Å². The number of ether oxygens (including phenoxy) is 1. The zero-order valence-electron chi connectivity index (χ0n) is 16.7. The van der Waals surface area contributed by atoms with Gasteiger partial charge in [0.1, 0.15) is 22.8 Å². The highest BCUT2D eigenvalue weighted by atomic mass is 19.1. The molecule has 2 N–H and O–H groups in total. The fourth-order valence-corrected chi connectivity index (χ4v) is 3.99. The lowest BCUT2D eigenvalue weighted by Gasteiger charge is -2.32. The molecule has 6 heteroatoms. The number of nitrogens with zero attached hydrogens (tertiary/aromatic N) is 2. The van der Waals surface area contributed by atoms with E-state index in [4.69, 9.17) is 4.74 Å². The molecule has 0 aliphatic carbocycles. The molecule has 4 rings (SSSR count). The first-order valence-corrected chi connectivity index (χ1v) is 9.51. The maximum atomic E-state index is 13.9. The molecular formula is C22H26FN3O2. The van der Waals surface area contributed by atoms with Gasteiger partial charge < -0.3 is 14.8 Å². The SMILES string of the molecule is COc1ccc(F)cc1-c1ccnc2[nH]c(C3(O)CCN(C(C)(C)C)C3)cc12. The first-order chi connectivity index (χ1) is 13.2. The molecule has 148 valence electrons. The number of methoxy groups -OCH3 is 1. The number of hydrogen-bond acceptors (Lipinski definition) is 4. The number of rotatable bonds is 3. The third-order valence-corrected chi connectivity index (χ3v) is 5.68. The van der Waals surface area contributed by atoms with Gasteiger partial charge in [-0.25, -0.2) is 9.37 Å². The van der Waals surface area contributed by atoms with E-state index in [9.17, 15) is 9.50 Å². The molecule has 1 aromatic carbocycles. The van der Waals surface area contributed by atoms with Crippen molar-refractivity contribution in [1.29, 1.82) is 0 Å². The lowest BCUT2D eigenvalue weighted by Crippen LogP contribution is -2.42. The summed E-state index contributed by atoms with van der Waals surface area (Å²) in [5, 5.41) is 12.2. The van der Waals surface area contributed by atoms with Crippen molar-refractivity contribution in [2.24, 2.45) is 0 Å². The molecule has 0 spiro atoms. The Bertz CT molecular complexity index is 1020. The third-order valence-electron chi connectivity index (χ3n) is 5.68. The number of halogens is 1. The number of aromatic amines is 1. The van der Waals surface area contributed by atoms with Crippen LogP contribution in [-0.4, -0.2) is 45.7 Å². The Balaban J connectivity index is 1.80. The van der Waals surface area contributed by atoms with Gasteiger partial charge in [-0.3, -0.25) is 4.90 Å². The molecular weight excluding hydrogens is 357 g/mol. The zero-order valence-corrected chi connectivity index (χ0v) is 16.7. The Morgan fingerprint density at radius 3 is 2.68 bits per heavy atom. The summed E-state index contributed by atoms with van der Waals surface area (Å²) in [4.78, 5) is 9.99. The van der Waals surface area contributed by atoms with Crippen molar-refractivity contribution in [3.63, 3.8) is 0 Å². The van der Waals surface area contributed by atoms with Gasteiger partial charge in [0, 0.05) is 35.8 Å². The minimum absolute atomic E-state index is 0.00512. The van der Waals surface area contributed by atoms with E-state index in [1.165, 1.54) is 12.1 Å². The number of β-amino-alcohol motifs (C(OH)–C–C–N with tert-alkyl or cyclic N) is 1. The fraction of sp³-hybridized carbons (Fsp3) is 0.409. The van der Waals surface area contributed by atoms with E-state index in [0.29, 0.717) is 29.9 Å². The zero-order chi connectivity index (χ0) is 20.1. The lowest BCUT2D eigenvalue weighted by molar-refractivity contribution is 0.0294. The number of aliphatic hydroxyl groups is 1. The quantitative estimate of drug-likeness (QED) is 0.716. The molecule has 2 aromatic heterocycles. The molecule has 1 saturated heterocycles. The Kier molecular flexibility index (Phi) is 4.43. The molecule has 5 nitrogen and oxygen atoms in total. The molecule has 0 saturated carbocycles. The van der Waals surface area contributed by atoms with Crippen molar-refractivity contribution in [2.45, 2.75) is 38.3 Å². The summed E-state index contributed by atoms with van der Waals surface area (Å²) in [6.45, 7) is 7.84. The second-order valence-electron chi connectivity index (χ2n) is 8.52. The number of hydrogen-bond donors (Lipinski definition) is 2. The number of H-pyrrole nitrogens is 1. The van der Waals surface area contributed by atoms with E-state index in [1.807, 2.05) is 12.1 Å². The van der Waals surface area contributed by atoms with E-state index >= 15 is 0 Å². The van der Waals surface area contributed by atoms with E-state index in [2.05, 4.69) is 35.6 Å². The van der Waals surface area contributed by atoms with Crippen LogP contribution >= 0.6 is 0 Å². The summed E-state index contributed by atoms with van der Waals surface area (Å²) in [7, 11) is 1.57. The number of aromatic nitrogens is 2. The van der Waals surface area contributed by atoms with Crippen molar-refractivity contribution >= 4 is 11.0 Å². The van der Waals surface area contributed by atoms with Gasteiger partial charge in [-0.05, 0) is 63.1 Å². The molecule has 28 heavy (non-hydrogen) atoms. The van der Waals surface area contributed by atoms with Crippen LogP contribution in [0, 0.1) is 5.82 Å². The number of pyridine rings is 1. The van der Waals surface area contributed by atoms with Crippen LogP contribution in [0.5, 0.6) is 5.75 Å².